The Labute approximate surface area is 403 Å². The van der Waals surface area contributed by atoms with E-state index in [0.29, 0.717) is 25.7 Å². The van der Waals surface area contributed by atoms with Crippen molar-refractivity contribution in [2.75, 3.05) is 6.61 Å². The van der Waals surface area contributed by atoms with Gasteiger partial charge >= 0.3 is 5.97 Å². The topological polar surface area (TPSA) is 95.9 Å². The van der Waals surface area contributed by atoms with E-state index in [1.165, 1.54) is 173 Å². The van der Waals surface area contributed by atoms with Gasteiger partial charge in [-0.2, -0.15) is 0 Å². The number of carbonyl (C=O) groups excluding carboxylic acids is 2. The molecule has 0 aliphatic carbocycles. The fourth-order valence-corrected chi connectivity index (χ4v) is 8.52. The largest absolute Gasteiger partial charge is 0.462 e. The summed E-state index contributed by atoms with van der Waals surface area (Å²) in [6.45, 7) is 6.35. The fraction of sp³-hybridized carbons (Fsp3) is 0.797. The number of aliphatic hydroxyl groups is 2. The van der Waals surface area contributed by atoms with Crippen LogP contribution in [-0.2, 0) is 14.3 Å². The molecule has 0 spiro atoms. The molecule has 3 atom stereocenters. The SMILES string of the molecule is CC/C=C/C=C/C=C\C=C/C=C/CCCC(=O)OC(CCCCCCCCCCCCCCCCCCC)CC(=O)NC(CO)C(O)CCCCCCCCCCCCCCCCCC. The minimum absolute atomic E-state index is 0.0508. The average Bonchev–Trinajstić information content (AvgIpc) is 3.30. The van der Waals surface area contributed by atoms with Gasteiger partial charge < -0.3 is 20.3 Å². The van der Waals surface area contributed by atoms with Crippen LogP contribution in [0.1, 0.15) is 278 Å². The van der Waals surface area contributed by atoms with Gasteiger partial charge in [-0.1, -0.05) is 287 Å². The predicted molar refractivity (Wildman–Crippen MR) is 282 cm³/mol. The highest BCUT2D eigenvalue weighted by Gasteiger charge is 2.24. The van der Waals surface area contributed by atoms with Gasteiger partial charge in [-0.05, 0) is 38.5 Å². The molecule has 0 saturated heterocycles. The molecule has 3 N–H and O–H groups in total. The number of esters is 1. The highest BCUT2D eigenvalue weighted by Crippen LogP contribution is 2.19. The molecule has 65 heavy (non-hydrogen) atoms. The molecule has 378 valence electrons. The molecule has 0 aromatic heterocycles. The zero-order valence-electron chi connectivity index (χ0n) is 43.1. The summed E-state index contributed by atoms with van der Waals surface area (Å²) >= 11 is 0. The number of unbranched alkanes of at least 4 members (excludes halogenated alkanes) is 32. The van der Waals surface area contributed by atoms with Crippen molar-refractivity contribution in [3.05, 3.63) is 60.8 Å². The lowest BCUT2D eigenvalue weighted by atomic mass is 10.0. The Morgan fingerprint density at radius 3 is 1.20 bits per heavy atom. The van der Waals surface area contributed by atoms with Crippen LogP contribution in [0.3, 0.4) is 0 Å². The number of hydrogen-bond acceptors (Lipinski definition) is 5. The van der Waals surface area contributed by atoms with Crippen LogP contribution in [0.5, 0.6) is 0 Å². The van der Waals surface area contributed by atoms with Crippen LogP contribution in [0.2, 0.25) is 0 Å². The number of ether oxygens (including phenoxy) is 1. The molecular formula is C59H107NO5. The number of amides is 1. The van der Waals surface area contributed by atoms with E-state index in [9.17, 15) is 19.8 Å². The first-order valence-corrected chi connectivity index (χ1v) is 28.1. The molecule has 6 heteroatoms. The van der Waals surface area contributed by atoms with Crippen molar-refractivity contribution < 1.29 is 24.5 Å². The molecule has 0 aliphatic heterocycles. The Kier molecular flexibility index (Phi) is 50.6. The molecule has 1 amide bonds. The highest BCUT2D eigenvalue weighted by atomic mass is 16.5. The van der Waals surface area contributed by atoms with Crippen LogP contribution >= 0.6 is 0 Å². The summed E-state index contributed by atoms with van der Waals surface area (Å²) in [5.74, 6) is -0.552. The molecule has 0 saturated carbocycles. The van der Waals surface area contributed by atoms with Gasteiger partial charge in [0.05, 0.1) is 25.2 Å². The van der Waals surface area contributed by atoms with Crippen LogP contribution in [0.25, 0.3) is 0 Å². The van der Waals surface area contributed by atoms with E-state index in [1.54, 1.807) is 0 Å². The van der Waals surface area contributed by atoms with Crippen molar-refractivity contribution >= 4 is 11.9 Å². The summed E-state index contributed by atoms with van der Waals surface area (Å²) in [7, 11) is 0. The molecule has 6 nitrogen and oxygen atoms in total. The van der Waals surface area contributed by atoms with Gasteiger partial charge in [0.25, 0.3) is 0 Å². The van der Waals surface area contributed by atoms with E-state index in [1.807, 2.05) is 48.6 Å². The molecule has 0 rings (SSSR count). The second-order valence-corrected chi connectivity index (χ2v) is 19.1. The van der Waals surface area contributed by atoms with E-state index >= 15 is 0 Å². The van der Waals surface area contributed by atoms with Gasteiger partial charge in [-0.15, -0.1) is 0 Å². The van der Waals surface area contributed by atoms with E-state index in [4.69, 9.17) is 4.74 Å². The Morgan fingerprint density at radius 1 is 0.462 bits per heavy atom. The van der Waals surface area contributed by atoms with Gasteiger partial charge in [0.15, 0.2) is 0 Å². The first-order valence-electron chi connectivity index (χ1n) is 28.1. The number of hydrogen-bond donors (Lipinski definition) is 3. The Morgan fingerprint density at radius 2 is 0.815 bits per heavy atom. The van der Waals surface area contributed by atoms with Gasteiger partial charge in [-0.25, -0.2) is 0 Å². The lowest BCUT2D eigenvalue weighted by Gasteiger charge is -2.24. The van der Waals surface area contributed by atoms with Gasteiger partial charge in [-0.3, -0.25) is 9.59 Å². The summed E-state index contributed by atoms with van der Waals surface area (Å²) in [5, 5.41) is 23.9. The van der Waals surface area contributed by atoms with Crippen molar-refractivity contribution in [2.24, 2.45) is 0 Å². The lowest BCUT2D eigenvalue weighted by molar-refractivity contribution is -0.151. The van der Waals surface area contributed by atoms with Gasteiger partial charge in [0.2, 0.25) is 5.91 Å². The molecule has 0 aromatic rings. The summed E-state index contributed by atoms with van der Waals surface area (Å²) < 4.78 is 5.91. The molecule has 0 aliphatic rings. The normalized spacial score (nSPS) is 13.6. The Balaban J connectivity index is 4.60. The van der Waals surface area contributed by atoms with Crippen LogP contribution in [-0.4, -0.2) is 46.9 Å². The predicted octanol–water partition coefficient (Wildman–Crippen LogP) is 17.2. The first kappa shape index (κ1) is 62.6. The van der Waals surface area contributed by atoms with E-state index in [0.717, 1.165) is 51.4 Å². The molecule has 0 fully saturated rings. The third-order valence-electron chi connectivity index (χ3n) is 12.7. The molecule has 0 aromatic carbocycles. The zero-order chi connectivity index (χ0) is 47.4. The van der Waals surface area contributed by atoms with Crippen molar-refractivity contribution in [1.29, 1.82) is 0 Å². The molecule has 0 heterocycles. The summed E-state index contributed by atoms with van der Waals surface area (Å²) in [4.78, 5) is 26.2. The van der Waals surface area contributed by atoms with Crippen LogP contribution in [0.15, 0.2) is 60.8 Å². The maximum atomic E-state index is 13.2. The van der Waals surface area contributed by atoms with Crippen molar-refractivity contribution in [1.82, 2.24) is 5.32 Å². The maximum Gasteiger partial charge on any atom is 0.306 e. The van der Waals surface area contributed by atoms with Crippen molar-refractivity contribution in [3.8, 4) is 0 Å². The number of nitrogens with one attached hydrogen (secondary N) is 1. The first-order chi connectivity index (χ1) is 32.0. The third-order valence-corrected chi connectivity index (χ3v) is 12.7. The number of aliphatic hydroxyl groups excluding tert-OH is 2. The van der Waals surface area contributed by atoms with Crippen LogP contribution in [0.4, 0.5) is 0 Å². The average molecular weight is 911 g/mol. The standard InChI is InChI=1S/C59H107NO5/c1-4-7-10-13-16-19-22-25-27-29-30-33-35-38-41-44-47-50-55(65-59(64)52-49-46-43-40-37-32-24-21-18-15-12-9-6-3)53-58(63)60-56(54-61)57(62)51-48-45-42-39-36-34-31-28-26-23-20-17-14-11-8-5-2/h9,12,15,18,21,24,32,37,40,43,55-57,61-62H,4-8,10-11,13-14,16-17,19-20,22-23,25-31,33-36,38-39,41-42,44-54H2,1-3H3,(H,60,63)/b12-9+,18-15+,24-21-,37-32-,43-40+. The zero-order valence-corrected chi connectivity index (χ0v) is 43.1. The minimum atomic E-state index is -0.801. The second-order valence-electron chi connectivity index (χ2n) is 19.1. The lowest BCUT2D eigenvalue weighted by Crippen LogP contribution is -2.46. The van der Waals surface area contributed by atoms with Gasteiger partial charge in [0, 0.05) is 6.42 Å². The van der Waals surface area contributed by atoms with E-state index in [-0.39, 0.29) is 24.9 Å². The Hall–Kier alpha value is -2.44. The third kappa shape index (κ3) is 47.8. The van der Waals surface area contributed by atoms with Crippen molar-refractivity contribution in [3.63, 3.8) is 0 Å². The van der Waals surface area contributed by atoms with E-state index in [2.05, 4.69) is 38.2 Å². The minimum Gasteiger partial charge on any atom is -0.462 e. The maximum absolute atomic E-state index is 13.2. The molecule has 0 radical (unpaired) electrons. The van der Waals surface area contributed by atoms with E-state index < -0.39 is 18.2 Å². The molecule has 0 bridgehead atoms. The van der Waals surface area contributed by atoms with Crippen molar-refractivity contribution in [2.45, 2.75) is 296 Å². The quantitative estimate of drug-likeness (QED) is 0.0321. The Bertz CT molecular complexity index is 1160. The summed E-state index contributed by atoms with van der Waals surface area (Å²) in [5.41, 5.74) is 0. The molecule has 3 unspecified atom stereocenters. The smallest absolute Gasteiger partial charge is 0.306 e. The fourth-order valence-electron chi connectivity index (χ4n) is 8.52. The number of rotatable bonds is 50. The number of carbonyl (C=O) groups is 2. The second kappa shape index (κ2) is 52.5. The molecular weight excluding hydrogens is 803 g/mol. The van der Waals surface area contributed by atoms with Gasteiger partial charge in [0.1, 0.15) is 6.10 Å². The number of allylic oxidation sites excluding steroid dienone is 10. The van der Waals surface area contributed by atoms with Crippen LogP contribution in [0, 0.1) is 0 Å². The summed E-state index contributed by atoms with van der Waals surface area (Å²) in [6, 6.07) is -0.716. The van der Waals surface area contributed by atoms with Crippen LogP contribution < -0.4 is 5.32 Å². The monoisotopic (exact) mass is 910 g/mol. The highest BCUT2D eigenvalue weighted by molar-refractivity contribution is 5.77. The summed E-state index contributed by atoms with van der Waals surface area (Å²) in [6.07, 6.45) is 65.8.